The van der Waals surface area contributed by atoms with Crippen LogP contribution in [0.4, 0.5) is 17.1 Å². The maximum absolute atomic E-state index is 12.8. The van der Waals surface area contributed by atoms with Gasteiger partial charge >= 0.3 is 5.97 Å². The van der Waals surface area contributed by atoms with Gasteiger partial charge < -0.3 is 10.4 Å². The first kappa shape index (κ1) is 22.7. The highest BCUT2D eigenvalue weighted by Crippen LogP contribution is 2.26. The molecule has 0 spiro atoms. The molecule has 164 valence electrons. The molecular weight excluding hydrogens is 462 g/mol. The van der Waals surface area contributed by atoms with Gasteiger partial charge in [-0.15, -0.1) is 0 Å². The Morgan fingerprint density at radius 2 is 1.59 bits per heavy atom. The number of aromatic carboxylic acids is 1. The van der Waals surface area contributed by atoms with Gasteiger partial charge in [0.05, 0.1) is 26.6 Å². The number of carboxylic acids is 1. The van der Waals surface area contributed by atoms with E-state index < -0.39 is 32.5 Å². The fourth-order valence-corrected chi connectivity index (χ4v) is 3.84. The Labute approximate surface area is 186 Å². The number of halogens is 1. The Morgan fingerprint density at radius 1 is 0.969 bits per heavy atom. The Hall–Kier alpha value is -3.96. The number of carboxylic acid groups (broad SMARTS) is 1. The minimum Gasteiger partial charge on any atom is -0.478 e. The number of nitro benzene ring substituents is 1. The summed E-state index contributed by atoms with van der Waals surface area (Å²) in [6, 6.07) is 13.5. The van der Waals surface area contributed by atoms with Gasteiger partial charge in [0.1, 0.15) is 0 Å². The second kappa shape index (κ2) is 9.04. The lowest BCUT2D eigenvalue weighted by atomic mass is 10.1. The number of hydrogen-bond donors (Lipinski definition) is 3. The number of nitrogens with zero attached hydrogens (tertiary/aromatic N) is 1. The Morgan fingerprint density at radius 3 is 2.16 bits per heavy atom. The molecule has 0 heterocycles. The van der Waals surface area contributed by atoms with Gasteiger partial charge in [0, 0.05) is 22.8 Å². The summed E-state index contributed by atoms with van der Waals surface area (Å²) in [6.07, 6.45) is 0. The van der Waals surface area contributed by atoms with Gasteiger partial charge in [0.25, 0.3) is 21.6 Å². The zero-order valence-corrected chi connectivity index (χ0v) is 17.6. The molecule has 1 amide bonds. The summed E-state index contributed by atoms with van der Waals surface area (Å²) in [4.78, 5) is 34.0. The zero-order chi connectivity index (χ0) is 23.5. The molecule has 0 aromatic heterocycles. The number of non-ortho nitro benzene ring substituents is 1. The molecule has 3 rings (SSSR count). The standard InChI is InChI=1S/C20H14ClN3O7S/c21-13-3-8-16(9-4-13)32(30,31)23-18-10-7-15(24(28)29)11-17(18)19(25)22-14-5-1-12(2-6-14)20(26)27/h1-11,23H,(H,22,25)(H,26,27). The van der Waals surface area contributed by atoms with Crippen molar-refractivity contribution < 1.29 is 28.0 Å². The van der Waals surface area contributed by atoms with Crippen molar-refractivity contribution in [2.75, 3.05) is 10.0 Å². The van der Waals surface area contributed by atoms with Crippen molar-refractivity contribution in [3.05, 3.63) is 93.0 Å². The van der Waals surface area contributed by atoms with Crippen molar-refractivity contribution in [3.8, 4) is 0 Å². The monoisotopic (exact) mass is 475 g/mol. The van der Waals surface area contributed by atoms with Gasteiger partial charge in [-0.2, -0.15) is 0 Å². The third-order valence-electron chi connectivity index (χ3n) is 4.22. The lowest BCUT2D eigenvalue weighted by molar-refractivity contribution is -0.384. The third kappa shape index (κ3) is 5.20. The van der Waals surface area contributed by atoms with E-state index in [1.807, 2.05) is 0 Å². The van der Waals surface area contributed by atoms with Crippen molar-refractivity contribution in [1.29, 1.82) is 0 Å². The van der Waals surface area contributed by atoms with Gasteiger partial charge in [-0.05, 0) is 54.6 Å². The molecule has 0 aliphatic rings. The predicted octanol–water partition coefficient (Wildman–Crippen LogP) is 4.00. The molecule has 0 bridgehead atoms. The van der Waals surface area contributed by atoms with Crippen molar-refractivity contribution in [1.82, 2.24) is 0 Å². The van der Waals surface area contributed by atoms with Crippen LogP contribution in [-0.2, 0) is 10.0 Å². The summed E-state index contributed by atoms with van der Waals surface area (Å²) in [6.45, 7) is 0. The molecule has 3 N–H and O–H groups in total. The number of amides is 1. The van der Waals surface area contributed by atoms with E-state index in [1.165, 1.54) is 48.5 Å². The quantitative estimate of drug-likeness (QED) is 0.344. The van der Waals surface area contributed by atoms with E-state index >= 15 is 0 Å². The molecule has 0 aliphatic carbocycles. The number of anilines is 2. The summed E-state index contributed by atoms with van der Waals surface area (Å²) in [5.74, 6) is -1.99. The number of carbonyl (C=O) groups is 2. The number of carbonyl (C=O) groups excluding carboxylic acids is 1. The first-order valence-corrected chi connectivity index (χ1v) is 10.6. The predicted molar refractivity (Wildman–Crippen MR) is 117 cm³/mol. The van der Waals surface area contributed by atoms with Crippen molar-refractivity contribution in [3.63, 3.8) is 0 Å². The highest BCUT2D eigenvalue weighted by atomic mass is 35.5. The van der Waals surface area contributed by atoms with E-state index in [0.29, 0.717) is 5.02 Å². The lowest BCUT2D eigenvalue weighted by Crippen LogP contribution is -2.19. The molecule has 0 saturated heterocycles. The van der Waals surface area contributed by atoms with Crippen LogP contribution in [-0.4, -0.2) is 30.3 Å². The first-order valence-electron chi connectivity index (χ1n) is 8.78. The van der Waals surface area contributed by atoms with E-state index in [2.05, 4.69) is 10.0 Å². The molecule has 0 aliphatic heterocycles. The topological polar surface area (TPSA) is 156 Å². The molecule has 12 heteroatoms. The first-order chi connectivity index (χ1) is 15.1. The van der Waals surface area contributed by atoms with E-state index in [0.717, 1.165) is 18.2 Å². The largest absolute Gasteiger partial charge is 0.478 e. The molecule has 0 fully saturated rings. The van der Waals surface area contributed by atoms with Crippen LogP contribution in [0, 0.1) is 10.1 Å². The average molecular weight is 476 g/mol. The summed E-state index contributed by atoms with van der Waals surface area (Å²) >= 11 is 5.78. The van der Waals surface area contributed by atoms with Crippen LogP contribution in [0.3, 0.4) is 0 Å². The van der Waals surface area contributed by atoms with Crippen LogP contribution < -0.4 is 10.0 Å². The smallest absolute Gasteiger partial charge is 0.335 e. The van der Waals surface area contributed by atoms with E-state index in [-0.39, 0.29) is 27.4 Å². The molecule has 0 radical (unpaired) electrons. The van der Waals surface area contributed by atoms with Gasteiger partial charge in [-0.3, -0.25) is 19.6 Å². The summed E-state index contributed by atoms with van der Waals surface area (Å²) in [5.41, 5.74) is -0.720. The summed E-state index contributed by atoms with van der Waals surface area (Å²) in [5, 5.41) is 22.9. The number of nitrogens with one attached hydrogen (secondary N) is 2. The van der Waals surface area contributed by atoms with E-state index in [1.54, 1.807) is 0 Å². The van der Waals surface area contributed by atoms with Crippen molar-refractivity contribution >= 4 is 50.6 Å². The molecule has 32 heavy (non-hydrogen) atoms. The molecule has 0 saturated carbocycles. The highest BCUT2D eigenvalue weighted by molar-refractivity contribution is 7.92. The normalized spacial score (nSPS) is 10.9. The SMILES string of the molecule is O=C(O)c1ccc(NC(=O)c2cc([N+](=O)[O-])ccc2NS(=O)(=O)c2ccc(Cl)cc2)cc1. The van der Waals surface area contributed by atoms with Gasteiger partial charge in [0.15, 0.2) is 0 Å². The minimum absolute atomic E-state index is 0.00485. The van der Waals surface area contributed by atoms with Crippen LogP contribution in [0.25, 0.3) is 0 Å². The number of sulfonamides is 1. The lowest BCUT2D eigenvalue weighted by Gasteiger charge is -2.13. The Bertz CT molecular complexity index is 1310. The minimum atomic E-state index is -4.13. The van der Waals surface area contributed by atoms with Gasteiger partial charge in [0.2, 0.25) is 0 Å². The molecule has 3 aromatic carbocycles. The molecule has 10 nitrogen and oxygen atoms in total. The second-order valence-electron chi connectivity index (χ2n) is 6.38. The maximum Gasteiger partial charge on any atom is 0.335 e. The van der Waals surface area contributed by atoms with E-state index in [4.69, 9.17) is 16.7 Å². The van der Waals surface area contributed by atoms with E-state index in [9.17, 15) is 28.1 Å². The molecule has 0 unspecified atom stereocenters. The van der Waals surface area contributed by atoms with Crippen LogP contribution in [0.15, 0.2) is 71.6 Å². The molecule has 0 atom stereocenters. The zero-order valence-electron chi connectivity index (χ0n) is 16.0. The van der Waals surface area contributed by atoms with Crippen molar-refractivity contribution in [2.45, 2.75) is 4.90 Å². The fourth-order valence-electron chi connectivity index (χ4n) is 2.63. The average Bonchev–Trinajstić information content (AvgIpc) is 2.74. The maximum atomic E-state index is 12.8. The third-order valence-corrected chi connectivity index (χ3v) is 5.85. The fraction of sp³-hybridized carbons (Fsp3) is 0. The Kier molecular flexibility index (Phi) is 6.42. The molecule has 3 aromatic rings. The molecular formula is C20H14ClN3O7S. The van der Waals surface area contributed by atoms with Crippen molar-refractivity contribution in [2.24, 2.45) is 0 Å². The number of benzene rings is 3. The number of hydrogen-bond acceptors (Lipinski definition) is 6. The second-order valence-corrected chi connectivity index (χ2v) is 8.50. The highest BCUT2D eigenvalue weighted by Gasteiger charge is 2.22. The van der Waals surface area contributed by atoms with Gasteiger partial charge in [-0.25, -0.2) is 13.2 Å². The van der Waals surface area contributed by atoms with Crippen LogP contribution in [0.5, 0.6) is 0 Å². The summed E-state index contributed by atoms with van der Waals surface area (Å²) < 4.78 is 27.6. The van der Waals surface area contributed by atoms with Crippen LogP contribution in [0.2, 0.25) is 5.02 Å². The van der Waals surface area contributed by atoms with Crippen LogP contribution >= 0.6 is 11.6 Å². The number of nitro groups is 1. The Balaban J connectivity index is 1.95. The summed E-state index contributed by atoms with van der Waals surface area (Å²) in [7, 11) is -4.13. The number of rotatable bonds is 7. The van der Waals surface area contributed by atoms with Gasteiger partial charge in [-0.1, -0.05) is 11.6 Å². The van der Waals surface area contributed by atoms with Crippen LogP contribution in [0.1, 0.15) is 20.7 Å².